The molecule has 0 amide bonds. The molecule has 13 heterocycles. The van der Waals surface area contributed by atoms with Gasteiger partial charge in [0.25, 0.3) is 0 Å². The molecule has 11 heavy (non-hydrogen) atoms. The summed E-state index contributed by atoms with van der Waals surface area (Å²) in [7, 11) is 5.93. The van der Waals surface area contributed by atoms with Gasteiger partial charge in [-0.1, -0.05) is 0 Å². The quantitative estimate of drug-likeness (QED) is 0.386. The Balaban J connectivity index is 2.08. The van der Waals surface area contributed by atoms with Crippen LogP contribution in [-0.4, -0.2) is 0 Å². The van der Waals surface area contributed by atoms with Crippen LogP contribution in [0.4, 0.5) is 0 Å². The van der Waals surface area contributed by atoms with Crippen molar-refractivity contribution < 1.29 is 0 Å². The molecule has 0 aromatic carbocycles. The van der Waals surface area contributed by atoms with Crippen LogP contribution in [0.3, 0.4) is 0 Å². The summed E-state index contributed by atoms with van der Waals surface area (Å²) in [6.07, 6.45) is 0. The van der Waals surface area contributed by atoms with Crippen LogP contribution >= 0.6 is 72.0 Å². The Morgan fingerprint density at radius 3 is 2.09 bits per heavy atom. The fourth-order valence-corrected chi connectivity index (χ4v) is 1600. The van der Waals surface area contributed by atoms with Gasteiger partial charge in [0.05, 0.1) is 0 Å². The molecule has 13 fully saturated rings. The fraction of sp³-hybridized carbons (Fsp3) is 0. The molecule has 0 aromatic heterocycles. The van der Waals surface area contributed by atoms with Gasteiger partial charge in [-0.2, -0.15) is 0 Å². The number of rotatable bonds is 0. The van der Waals surface area contributed by atoms with E-state index in [1.54, 1.807) is 0 Å². The Morgan fingerprint density at radius 1 is 1.00 bits per heavy atom. The van der Waals surface area contributed by atoms with E-state index < -0.39 is 0 Å². The van der Waals surface area contributed by atoms with E-state index >= 15 is 0 Å². The zero-order valence-corrected chi connectivity index (χ0v) is 15.2. The maximum atomic E-state index is 2.04. The van der Waals surface area contributed by atoms with Crippen LogP contribution in [0, 0.1) is 0 Å². The van der Waals surface area contributed by atoms with E-state index in [1.807, 2.05) is 23.9 Å². The van der Waals surface area contributed by atoms with Gasteiger partial charge in [0.1, 0.15) is 0 Å². The molecule has 0 radical (unpaired) electrons. The van der Waals surface area contributed by atoms with Crippen LogP contribution in [0.25, 0.3) is 0 Å². The summed E-state index contributed by atoms with van der Waals surface area (Å²) in [5, 5.41) is 0.122. The van der Waals surface area contributed by atoms with E-state index in [9.17, 15) is 0 Å². The molecule has 6 bridgehead atoms. The second kappa shape index (κ2) is 0.778. The van der Waals surface area contributed by atoms with Crippen LogP contribution < -0.4 is 0 Å². The molecule has 11 heteroatoms. The SMILES string of the molecule is P1P2P3P145PP1P6P378PP647P2158. The normalized spacial score (nSPS) is 125. The van der Waals surface area contributed by atoms with Crippen molar-refractivity contribution in [3.63, 3.8) is 0 Å². The van der Waals surface area contributed by atoms with E-state index in [1.165, 1.54) is 27.9 Å². The first-order valence-corrected chi connectivity index (χ1v) is 35.5. The minimum absolute atomic E-state index is 0.0423. The number of hydrogen-bond donors (Lipinski definition) is 0. The Morgan fingerprint density at radius 2 is 1.82 bits per heavy atom. The van der Waals surface area contributed by atoms with Gasteiger partial charge in [-0.15, -0.1) is 0 Å². The van der Waals surface area contributed by atoms with Crippen molar-refractivity contribution in [3.05, 3.63) is 0 Å². The maximum absolute atomic E-state index is 2.04. The topological polar surface area (TPSA) is 0 Å². The van der Waals surface area contributed by atoms with Crippen LogP contribution in [0.2, 0.25) is 0 Å². The third-order valence-electron chi connectivity index (χ3n) is 6.49. The third kappa shape index (κ3) is 0.102. The summed E-state index contributed by atoms with van der Waals surface area (Å²) in [6.45, 7) is 4.99. The second-order valence-electron chi connectivity index (χ2n) is 5.16. The van der Waals surface area contributed by atoms with Crippen LogP contribution in [0.5, 0.6) is 0 Å². The zero-order valence-electron chi connectivity index (χ0n) is 5.08. The Hall–Kier alpha value is 4.73. The van der Waals surface area contributed by atoms with E-state index in [4.69, 9.17) is 0 Å². The zero-order chi connectivity index (χ0) is 6.22. The molecular weight excluding hydrogens is 341 g/mol. The van der Waals surface area contributed by atoms with Crippen molar-refractivity contribution in [3.8, 4) is 0 Å². The van der Waals surface area contributed by atoms with Crippen molar-refractivity contribution in [2.75, 3.05) is 0 Å². The molecule has 13 aliphatic rings. The van der Waals surface area contributed by atoms with E-state index in [0.29, 0.717) is 0 Å². The van der Waals surface area contributed by atoms with Crippen LogP contribution in [0.1, 0.15) is 0 Å². The van der Waals surface area contributed by atoms with Crippen LogP contribution in [-0.2, 0) is 0 Å². The van der Waals surface area contributed by atoms with Crippen molar-refractivity contribution in [1.82, 2.24) is 0 Å². The Bertz CT molecular complexity index is 593. The molecule has 58 valence electrons. The molecule has 7 unspecified atom stereocenters. The first-order valence-electron chi connectivity index (χ1n) is 3.94. The Labute approximate surface area is 71.7 Å². The minimum atomic E-state index is -0.0611. The summed E-state index contributed by atoms with van der Waals surface area (Å²) in [6, 6.07) is 0. The average Bonchev–Trinajstić information content (AvgIpc) is 2.52. The molecule has 13 aliphatic heterocycles. The predicted octanol–water partition coefficient (Wildman–Crippen LogP) is 8.67. The Kier molecular flexibility index (Phi) is 0.429. The first kappa shape index (κ1) is 6.06. The van der Waals surface area contributed by atoms with E-state index in [2.05, 4.69) is 0 Å². The molecule has 0 saturated carbocycles. The summed E-state index contributed by atoms with van der Waals surface area (Å²) < 4.78 is 0. The molecular formula is H3P11. The standard InChI is InChI=1S/H3P11/c1-4-6-8(1)2-5-7-9(6)3-10(7,8,9)11(4,5,8)9/h1-3H. The van der Waals surface area contributed by atoms with Gasteiger partial charge in [0.2, 0.25) is 0 Å². The summed E-state index contributed by atoms with van der Waals surface area (Å²) in [5.41, 5.74) is 0. The summed E-state index contributed by atoms with van der Waals surface area (Å²) in [4.78, 5) is 0. The average molecular weight is 344 g/mol. The molecule has 7 atom stereocenters. The first-order chi connectivity index (χ1) is 5.30. The van der Waals surface area contributed by atoms with Gasteiger partial charge in [-0.25, -0.2) is 0 Å². The van der Waals surface area contributed by atoms with Gasteiger partial charge in [0, 0.05) is 0 Å². The monoisotopic (exact) mass is 344 g/mol. The van der Waals surface area contributed by atoms with E-state index in [0.717, 1.165) is 0 Å². The number of hydrogen-bond acceptors (Lipinski definition) is 0. The van der Waals surface area contributed by atoms with E-state index in [-0.39, 0.29) is 20.2 Å². The third-order valence-corrected chi connectivity index (χ3v) is 506. The summed E-state index contributed by atoms with van der Waals surface area (Å²) >= 11 is 0. The van der Waals surface area contributed by atoms with Gasteiger partial charge in [-0.3, -0.25) is 0 Å². The second-order valence-corrected chi connectivity index (χ2v) is 139. The predicted molar refractivity (Wildman–Crippen MR) is 80.3 cm³/mol. The van der Waals surface area contributed by atoms with Gasteiger partial charge in [-0.05, 0) is 0 Å². The van der Waals surface area contributed by atoms with Crippen molar-refractivity contribution in [1.29, 1.82) is 0 Å². The van der Waals surface area contributed by atoms with Crippen LogP contribution in [0.15, 0.2) is 0 Å². The molecule has 0 aliphatic carbocycles. The molecule has 0 aromatic rings. The van der Waals surface area contributed by atoms with Crippen molar-refractivity contribution >= 4 is 72.0 Å². The molecule has 13 saturated heterocycles. The molecule has 4 spiro atoms. The van der Waals surface area contributed by atoms with Crippen molar-refractivity contribution in [2.45, 2.75) is 0 Å². The molecule has 0 nitrogen and oxygen atoms in total. The summed E-state index contributed by atoms with van der Waals surface area (Å²) in [5.74, 6) is 0. The van der Waals surface area contributed by atoms with Crippen molar-refractivity contribution in [2.24, 2.45) is 0 Å². The molecule has 13 rings (SSSR count). The van der Waals surface area contributed by atoms with Gasteiger partial charge in [0.15, 0.2) is 0 Å². The fourth-order valence-electron chi connectivity index (χ4n) is 6.96. The van der Waals surface area contributed by atoms with Gasteiger partial charge >= 0.3 is 72.0 Å². The molecule has 0 N–H and O–H groups in total. The van der Waals surface area contributed by atoms with Gasteiger partial charge < -0.3 is 0 Å².